The summed E-state index contributed by atoms with van der Waals surface area (Å²) in [5.41, 5.74) is 2.12. The zero-order chi connectivity index (χ0) is 29.8. The fourth-order valence-corrected chi connectivity index (χ4v) is 6.46. The van der Waals surface area contributed by atoms with Gasteiger partial charge in [0.1, 0.15) is 0 Å². The lowest BCUT2D eigenvalue weighted by Crippen LogP contribution is -2.55. The van der Waals surface area contributed by atoms with Gasteiger partial charge in [-0.25, -0.2) is 9.59 Å². The van der Waals surface area contributed by atoms with E-state index in [1.165, 1.54) is 24.8 Å². The number of alkyl halides is 3. The van der Waals surface area contributed by atoms with Crippen LogP contribution in [0.4, 0.5) is 23.7 Å². The number of nitrogens with zero attached hydrogens (tertiary/aromatic N) is 1. The Kier molecular flexibility index (Phi) is 9.59. The lowest BCUT2D eigenvalue weighted by atomic mass is 9.64. The number of fused-ring (bicyclic) bond motifs is 1. The highest BCUT2D eigenvalue weighted by Gasteiger charge is 2.53. The number of amides is 2. The molecule has 2 saturated carbocycles. The van der Waals surface area contributed by atoms with Gasteiger partial charge in [0.25, 0.3) is 0 Å². The number of likely N-dealkylation sites (tertiary alicyclic amines) is 1. The van der Waals surface area contributed by atoms with Crippen molar-refractivity contribution in [3.63, 3.8) is 0 Å². The van der Waals surface area contributed by atoms with Gasteiger partial charge in [-0.15, -0.1) is 0 Å². The lowest BCUT2D eigenvalue weighted by molar-refractivity contribution is -0.192. The molecule has 3 fully saturated rings. The topological polar surface area (TPSA) is 100 Å². The lowest BCUT2D eigenvalue weighted by Gasteiger charge is -2.48. The molecule has 2 amide bonds. The number of carbonyl (C=O) groups is 2. The van der Waals surface area contributed by atoms with E-state index in [-0.39, 0.29) is 17.5 Å². The van der Waals surface area contributed by atoms with E-state index in [4.69, 9.17) is 31.0 Å². The van der Waals surface area contributed by atoms with Gasteiger partial charge in [-0.2, -0.15) is 13.2 Å². The average molecular weight is 598 g/mol. The molecular formula is C29H35ClF3N3O5. The Bertz CT molecular complexity index is 1240. The quantitative estimate of drug-likeness (QED) is 0.365. The minimum Gasteiger partial charge on any atom is -0.493 e. The molecular weight excluding hydrogens is 563 g/mol. The fraction of sp³-hybridized carbons (Fsp3) is 0.517. The number of carboxylic acids is 1. The second-order valence-electron chi connectivity index (χ2n) is 10.7. The number of hydrogen-bond donors (Lipinski definition) is 3. The van der Waals surface area contributed by atoms with Crippen molar-refractivity contribution >= 4 is 29.3 Å². The summed E-state index contributed by atoms with van der Waals surface area (Å²) in [5, 5.41) is 13.9. The van der Waals surface area contributed by atoms with Crippen LogP contribution in [-0.4, -0.2) is 67.1 Å². The first-order valence-corrected chi connectivity index (χ1v) is 14.0. The molecule has 12 heteroatoms. The number of carboxylic acid groups (broad SMARTS) is 1. The molecule has 0 unspecified atom stereocenters. The molecule has 0 aromatic heterocycles. The van der Waals surface area contributed by atoms with E-state index in [1.807, 2.05) is 18.2 Å². The highest BCUT2D eigenvalue weighted by atomic mass is 35.5. The van der Waals surface area contributed by atoms with E-state index in [2.05, 4.69) is 27.7 Å². The molecule has 1 heterocycles. The van der Waals surface area contributed by atoms with Crippen molar-refractivity contribution < 1.29 is 37.3 Å². The number of hydrogen-bond acceptors (Lipinski definition) is 5. The SMILES string of the molecule is COc1ccc([C@@]23CC[C@@H](NC(=O)Nc4cccc(Cl)c4)C[C@@H]2N(C2CCC2)CC3)cc1OC.O=C(O)C(F)(F)F. The van der Waals surface area contributed by atoms with Crippen molar-refractivity contribution in [3.05, 3.63) is 53.1 Å². The molecule has 3 atom stereocenters. The van der Waals surface area contributed by atoms with Crippen LogP contribution in [0.1, 0.15) is 50.5 Å². The van der Waals surface area contributed by atoms with Crippen LogP contribution in [0.5, 0.6) is 11.5 Å². The van der Waals surface area contributed by atoms with Crippen molar-refractivity contribution in [3.8, 4) is 11.5 Å². The Morgan fingerprint density at radius 3 is 2.34 bits per heavy atom. The van der Waals surface area contributed by atoms with Crippen LogP contribution in [0.3, 0.4) is 0 Å². The average Bonchev–Trinajstić information content (AvgIpc) is 3.26. The number of rotatable bonds is 6. The van der Waals surface area contributed by atoms with Crippen molar-refractivity contribution in [2.24, 2.45) is 0 Å². The number of halogens is 4. The molecule has 0 bridgehead atoms. The molecule has 2 aliphatic carbocycles. The van der Waals surface area contributed by atoms with Crippen LogP contribution in [0, 0.1) is 0 Å². The predicted octanol–water partition coefficient (Wildman–Crippen LogP) is 6.23. The van der Waals surface area contributed by atoms with E-state index in [9.17, 15) is 18.0 Å². The molecule has 3 N–H and O–H groups in total. The number of nitrogens with one attached hydrogen (secondary N) is 2. The smallest absolute Gasteiger partial charge is 0.490 e. The summed E-state index contributed by atoms with van der Waals surface area (Å²) in [6.07, 6.45) is 2.89. The zero-order valence-electron chi connectivity index (χ0n) is 23.0. The molecule has 1 aliphatic heterocycles. The van der Waals surface area contributed by atoms with Crippen LogP contribution < -0.4 is 20.1 Å². The summed E-state index contributed by atoms with van der Waals surface area (Å²) in [6.45, 7) is 1.12. The van der Waals surface area contributed by atoms with E-state index in [0.717, 1.165) is 43.7 Å². The highest BCUT2D eigenvalue weighted by Crippen LogP contribution is 2.52. The summed E-state index contributed by atoms with van der Waals surface area (Å²) < 4.78 is 42.9. The van der Waals surface area contributed by atoms with Crippen molar-refractivity contribution in [2.45, 2.75) is 74.7 Å². The normalized spacial score (nSPS) is 24.2. The summed E-state index contributed by atoms with van der Waals surface area (Å²) in [6, 6.07) is 14.7. The fourth-order valence-electron chi connectivity index (χ4n) is 6.27. The number of carbonyl (C=O) groups excluding carboxylic acids is 1. The summed E-state index contributed by atoms with van der Waals surface area (Å²) in [5.74, 6) is -1.20. The third kappa shape index (κ3) is 7.01. The number of benzene rings is 2. The first-order chi connectivity index (χ1) is 19.5. The number of urea groups is 1. The Hall–Kier alpha value is -3.18. The number of aliphatic carboxylic acids is 1. The van der Waals surface area contributed by atoms with Crippen molar-refractivity contribution in [1.29, 1.82) is 0 Å². The van der Waals surface area contributed by atoms with E-state index < -0.39 is 12.1 Å². The van der Waals surface area contributed by atoms with Gasteiger partial charge in [-0.05, 0) is 81.0 Å². The molecule has 5 rings (SSSR count). The summed E-state index contributed by atoms with van der Waals surface area (Å²) in [7, 11) is 3.38. The Labute approximate surface area is 242 Å². The Morgan fingerprint density at radius 1 is 1.05 bits per heavy atom. The molecule has 2 aromatic carbocycles. The van der Waals surface area contributed by atoms with Gasteiger partial charge in [0.2, 0.25) is 0 Å². The molecule has 1 saturated heterocycles. The van der Waals surface area contributed by atoms with Gasteiger partial charge in [0.15, 0.2) is 11.5 Å². The minimum absolute atomic E-state index is 0.0801. The molecule has 2 aromatic rings. The van der Waals surface area contributed by atoms with Crippen LogP contribution in [0.2, 0.25) is 5.02 Å². The van der Waals surface area contributed by atoms with Gasteiger partial charge < -0.3 is 25.2 Å². The van der Waals surface area contributed by atoms with Crippen molar-refractivity contribution in [2.75, 3.05) is 26.1 Å². The third-order valence-electron chi connectivity index (χ3n) is 8.46. The summed E-state index contributed by atoms with van der Waals surface area (Å²) in [4.78, 5) is 24.4. The van der Waals surface area contributed by atoms with E-state index >= 15 is 0 Å². The number of anilines is 1. The maximum atomic E-state index is 12.8. The van der Waals surface area contributed by atoms with Crippen LogP contribution in [-0.2, 0) is 10.2 Å². The number of ether oxygens (including phenoxy) is 2. The predicted molar refractivity (Wildman–Crippen MR) is 149 cm³/mol. The zero-order valence-corrected chi connectivity index (χ0v) is 23.7. The van der Waals surface area contributed by atoms with Crippen LogP contribution in [0.25, 0.3) is 0 Å². The van der Waals surface area contributed by atoms with E-state index in [0.29, 0.717) is 22.8 Å². The molecule has 0 radical (unpaired) electrons. The first kappa shape index (κ1) is 30.8. The maximum Gasteiger partial charge on any atom is 0.490 e. The van der Waals surface area contributed by atoms with Gasteiger partial charge in [0, 0.05) is 34.3 Å². The summed E-state index contributed by atoms with van der Waals surface area (Å²) >= 11 is 6.07. The molecule has 0 spiro atoms. The van der Waals surface area contributed by atoms with Gasteiger partial charge >= 0.3 is 18.2 Å². The van der Waals surface area contributed by atoms with Gasteiger partial charge in [-0.3, -0.25) is 4.90 Å². The largest absolute Gasteiger partial charge is 0.493 e. The second kappa shape index (κ2) is 12.8. The molecule has 8 nitrogen and oxygen atoms in total. The molecule has 224 valence electrons. The second-order valence-corrected chi connectivity index (χ2v) is 11.1. The number of methoxy groups -OCH3 is 2. The molecule has 3 aliphatic rings. The highest BCUT2D eigenvalue weighted by molar-refractivity contribution is 6.30. The van der Waals surface area contributed by atoms with Crippen LogP contribution >= 0.6 is 11.6 Å². The molecule has 41 heavy (non-hydrogen) atoms. The Balaban J connectivity index is 0.000000493. The minimum atomic E-state index is -5.08. The standard InChI is InChI=1S/C27H34ClN3O3.C2HF3O2/c1-33-23-10-9-18(15-24(23)34-2)27-12-11-21(17-25(27)31(14-13-27)22-7-4-8-22)30-26(32)29-20-6-3-5-19(28)16-20;3-2(4,5)1(6)7/h3,5-6,9-10,15-16,21-22,25H,4,7-8,11-14,17H2,1-2H3,(H2,29,30,32);(H,6,7)/t21-,25+,27+;/m1./s1. The van der Waals surface area contributed by atoms with Crippen molar-refractivity contribution in [1.82, 2.24) is 10.2 Å². The maximum absolute atomic E-state index is 12.8. The monoisotopic (exact) mass is 597 g/mol. The third-order valence-corrected chi connectivity index (χ3v) is 8.70. The first-order valence-electron chi connectivity index (χ1n) is 13.6. The van der Waals surface area contributed by atoms with E-state index in [1.54, 1.807) is 26.4 Å². The van der Waals surface area contributed by atoms with Gasteiger partial charge in [-0.1, -0.05) is 30.2 Å². The van der Waals surface area contributed by atoms with Crippen LogP contribution in [0.15, 0.2) is 42.5 Å². The van der Waals surface area contributed by atoms with Gasteiger partial charge in [0.05, 0.1) is 14.2 Å². The Morgan fingerprint density at radius 2 is 1.76 bits per heavy atom.